The number of carbonyl (C=O) groups excluding carboxylic acids is 1. The van der Waals surface area contributed by atoms with Gasteiger partial charge in [-0.15, -0.1) is 0 Å². The number of nitrogens with zero attached hydrogens (tertiary/aromatic N) is 3. The summed E-state index contributed by atoms with van der Waals surface area (Å²) in [5, 5.41) is 13.6. The Kier molecular flexibility index (Phi) is 5.11. The standard InChI is InChI=1S/C18H24N6O2/c1-5-6-13-7-12(3)26-10-11(2)21-18(25)14-9-20-24-16(19-4)8-15(22-13)23-17(14)24/h6-9,11,19H,5,10H2,1-4H3,(H,21,25)(H,22,23)/b12-7+,13-6+. The molecule has 1 amide bonds. The van der Waals surface area contributed by atoms with Crippen molar-refractivity contribution >= 4 is 23.2 Å². The van der Waals surface area contributed by atoms with Crippen molar-refractivity contribution in [3.05, 3.63) is 41.4 Å². The van der Waals surface area contributed by atoms with E-state index in [9.17, 15) is 4.79 Å². The molecule has 0 radical (unpaired) electrons. The third kappa shape index (κ3) is 3.63. The molecule has 0 saturated heterocycles. The Hall–Kier alpha value is -3.03. The van der Waals surface area contributed by atoms with Gasteiger partial charge in [0.05, 0.1) is 18.0 Å². The molecular weight excluding hydrogens is 332 g/mol. The van der Waals surface area contributed by atoms with Crippen molar-refractivity contribution in [1.82, 2.24) is 19.9 Å². The van der Waals surface area contributed by atoms with E-state index in [1.165, 1.54) is 6.20 Å². The molecule has 0 saturated carbocycles. The van der Waals surface area contributed by atoms with Crippen molar-refractivity contribution in [2.24, 2.45) is 0 Å². The number of ether oxygens (including phenoxy) is 1. The van der Waals surface area contributed by atoms with Crippen LogP contribution < -0.4 is 16.0 Å². The number of amides is 1. The summed E-state index contributed by atoms with van der Waals surface area (Å²) in [6.45, 7) is 6.24. The number of nitrogens with one attached hydrogen (secondary N) is 3. The Labute approximate surface area is 152 Å². The molecule has 0 aromatic carbocycles. The van der Waals surface area contributed by atoms with Crippen LogP contribution in [0, 0.1) is 0 Å². The van der Waals surface area contributed by atoms with Crippen LogP contribution in [0.5, 0.6) is 0 Å². The third-order valence-electron chi connectivity index (χ3n) is 3.97. The molecule has 1 atom stereocenters. The molecule has 8 nitrogen and oxygen atoms in total. The van der Waals surface area contributed by atoms with E-state index >= 15 is 0 Å². The quantitative estimate of drug-likeness (QED) is 0.766. The maximum Gasteiger partial charge on any atom is 0.257 e. The van der Waals surface area contributed by atoms with E-state index in [4.69, 9.17) is 4.74 Å². The molecule has 3 N–H and O–H groups in total. The first-order valence-electron chi connectivity index (χ1n) is 8.67. The Morgan fingerprint density at radius 1 is 1.50 bits per heavy atom. The van der Waals surface area contributed by atoms with Gasteiger partial charge in [0.25, 0.3) is 5.91 Å². The molecule has 1 aliphatic heterocycles. The third-order valence-corrected chi connectivity index (χ3v) is 3.97. The van der Waals surface area contributed by atoms with Gasteiger partial charge < -0.3 is 20.7 Å². The average molecular weight is 356 g/mol. The predicted octanol–water partition coefficient (Wildman–Crippen LogP) is 2.53. The zero-order valence-electron chi connectivity index (χ0n) is 15.5. The fraction of sp³-hybridized carbons (Fsp3) is 0.389. The van der Waals surface area contributed by atoms with Crippen LogP contribution in [0.3, 0.4) is 0 Å². The average Bonchev–Trinajstić information content (AvgIpc) is 3.03. The van der Waals surface area contributed by atoms with E-state index in [1.807, 2.05) is 26.0 Å². The molecule has 2 aromatic heterocycles. The van der Waals surface area contributed by atoms with E-state index in [2.05, 4.69) is 39.0 Å². The van der Waals surface area contributed by atoms with Gasteiger partial charge in [0.2, 0.25) is 0 Å². The second-order valence-corrected chi connectivity index (χ2v) is 6.20. The maximum absolute atomic E-state index is 12.6. The van der Waals surface area contributed by atoms with E-state index in [-0.39, 0.29) is 11.9 Å². The molecule has 2 bridgehead atoms. The topological polar surface area (TPSA) is 92.6 Å². The van der Waals surface area contributed by atoms with Gasteiger partial charge in [-0.25, -0.2) is 4.98 Å². The van der Waals surface area contributed by atoms with Gasteiger partial charge in [-0.3, -0.25) is 4.79 Å². The Bertz CT molecular complexity index is 883. The number of carbonyl (C=O) groups is 1. The van der Waals surface area contributed by atoms with Crippen LogP contribution in [0.1, 0.15) is 37.6 Å². The number of hydrogen-bond donors (Lipinski definition) is 3. The van der Waals surface area contributed by atoms with Gasteiger partial charge in [-0.05, 0) is 26.3 Å². The molecule has 26 heavy (non-hydrogen) atoms. The Balaban J connectivity index is 2.16. The Morgan fingerprint density at radius 3 is 3.04 bits per heavy atom. The van der Waals surface area contributed by atoms with Crippen molar-refractivity contribution in [2.45, 2.75) is 33.2 Å². The fourth-order valence-electron chi connectivity index (χ4n) is 2.74. The molecule has 3 heterocycles. The van der Waals surface area contributed by atoms with Crippen LogP contribution in [-0.2, 0) is 4.74 Å². The number of rotatable bonds is 2. The summed E-state index contributed by atoms with van der Waals surface area (Å²) in [7, 11) is 1.80. The lowest BCUT2D eigenvalue weighted by molar-refractivity contribution is 0.0912. The van der Waals surface area contributed by atoms with Gasteiger partial charge in [0, 0.05) is 18.8 Å². The lowest BCUT2D eigenvalue weighted by Gasteiger charge is -2.15. The summed E-state index contributed by atoms with van der Waals surface area (Å²) in [5.74, 6) is 1.88. The number of allylic oxidation sites excluding steroid dienone is 3. The molecule has 3 rings (SSSR count). The lowest BCUT2D eigenvalue weighted by atomic mass is 10.2. The highest BCUT2D eigenvalue weighted by molar-refractivity contribution is 6.00. The molecule has 1 unspecified atom stereocenters. The highest BCUT2D eigenvalue weighted by Gasteiger charge is 2.19. The zero-order chi connectivity index (χ0) is 18.7. The molecule has 0 aliphatic carbocycles. The molecule has 0 fully saturated rings. The second kappa shape index (κ2) is 7.47. The fourth-order valence-corrected chi connectivity index (χ4v) is 2.74. The van der Waals surface area contributed by atoms with Crippen molar-refractivity contribution in [2.75, 3.05) is 24.3 Å². The normalized spacial score (nSPS) is 21.7. The smallest absolute Gasteiger partial charge is 0.257 e. The zero-order valence-corrected chi connectivity index (χ0v) is 15.5. The molecule has 1 aliphatic rings. The number of aromatic nitrogens is 3. The summed E-state index contributed by atoms with van der Waals surface area (Å²) < 4.78 is 7.38. The van der Waals surface area contributed by atoms with Crippen molar-refractivity contribution in [3.63, 3.8) is 0 Å². The van der Waals surface area contributed by atoms with Crippen LogP contribution in [0.2, 0.25) is 0 Å². The van der Waals surface area contributed by atoms with E-state index in [0.29, 0.717) is 23.6 Å². The summed E-state index contributed by atoms with van der Waals surface area (Å²) in [5.41, 5.74) is 1.79. The first-order valence-corrected chi connectivity index (χ1v) is 8.67. The molecular formula is C18H24N6O2. The number of hydrogen-bond acceptors (Lipinski definition) is 6. The second-order valence-electron chi connectivity index (χ2n) is 6.20. The van der Waals surface area contributed by atoms with Gasteiger partial charge in [0.1, 0.15) is 23.8 Å². The summed E-state index contributed by atoms with van der Waals surface area (Å²) in [6.07, 6.45) is 6.38. The van der Waals surface area contributed by atoms with Gasteiger partial charge in [-0.1, -0.05) is 13.0 Å². The summed E-state index contributed by atoms with van der Waals surface area (Å²) >= 11 is 0. The van der Waals surface area contributed by atoms with Gasteiger partial charge in [0.15, 0.2) is 5.65 Å². The van der Waals surface area contributed by atoms with E-state index < -0.39 is 0 Å². The lowest BCUT2D eigenvalue weighted by Crippen LogP contribution is -2.35. The van der Waals surface area contributed by atoms with Gasteiger partial charge >= 0.3 is 0 Å². The largest absolute Gasteiger partial charge is 0.496 e. The number of anilines is 2. The van der Waals surface area contributed by atoms with Crippen molar-refractivity contribution in [1.29, 1.82) is 0 Å². The van der Waals surface area contributed by atoms with Crippen molar-refractivity contribution < 1.29 is 9.53 Å². The Morgan fingerprint density at radius 2 is 2.31 bits per heavy atom. The highest BCUT2D eigenvalue weighted by Crippen LogP contribution is 2.21. The van der Waals surface area contributed by atoms with Crippen LogP contribution in [0.25, 0.3) is 5.65 Å². The minimum atomic E-state index is -0.229. The monoisotopic (exact) mass is 356 g/mol. The number of fused-ring (bicyclic) bond motifs is 1. The maximum atomic E-state index is 12.6. The molecule has 0 spiro atoms. The first-order chi connectivity index (χ1) is 12.5. The SMILES string of the molecule is CC/C=C1\C=C(/C)OCC(C)NC(=O)c2cnn3c(NC)cc(nc23)N1. The van der Waals surface area contributed by atoms with Crippen molar-refractivity contribution in [3.8, 4) is 0 Å². The molecule has 138 valence electrons. The minimum Gasteiger partial charge on any atom is -0.496 e. The highest BCUT2D eigenvalue weighted by atomic mass is 16.5. The summed E-state index contributed by atoms with van der Waals surface area (Å²) in [4.78, 5) is 17.2. The minimum absolute atomic E-state index is 0.153. The predicted molar refractivity (Wildman–Crippen MR) is 101 cm³/mol. The van der Waals surface area contributed by atoms with Crippen LogP contribution >= 0.6 is 0 Å². The molecule has 8 heteroatoms. The van der Waals surface area contributed by atoms with E-state index in [1.54, 1.807) is 11.6 Å². The molecule has 2 aromatic rings. The van der Waals surface area contributed by atoms with Crippen LogP contribution in [0.15, 0.2) is 35.9 Å². The van der Waals surface area contributed by atoms with E-state index in [0.717, 1.165) is 23.7 Å². The van der Waals surface area contributed by atoms with Gasteiger partial charge in [-0.2, -0.15) is 9.61 Å². The first kappa shape index (κ1) is 17.8. The van der Waals surface area contributed by atoms with Crippen LogP contribution in [-0.4, -0.2) is 40.2 Å². The van der Waals surface area contributed by atoms with Crippen LogP contribution in [0.4, 0.5) is 11.6 Å². The summed E-state index contributed by atoms with van der Waals surface area (Å²) in [6, 6.07) is 1.69.